The molecule has 1 saturated heterocycles. The van der Waals surface area contributed by atoms with Crippen LogP contribution in [0, 0.1) is 0 Å². The summed E-state index contributed by atoms with van der Waals surface area (Å²) in [5.41, 5.74) is 1.98. The van der Waals surface area contributed by atoms with Crippen molar-refractivity contribution in [2.45, 2.75) is 31.5 Å². The van der Waals surface area contributed by atoms with Crippen LogP contribution in [0.25, 0.3) is 0 Å². The Morgan fingerprint density at radius 1 is 1.21 bits per heavy atom. The molecule has 0 radical (unpaired) electrons. The second kappa shape index (κ2) is 9.29. The van der Waals surface area contributed by atoms with E-state index in [2.05, 4.69) is 15.0 Å². The van der Waals surface area contributed by atoms with Gasteiger partial charge in [-0.25, -0.2) is 4.79 Å². The maximum atomic E-state index is 12.7. The van der Waals surface area contributed by atoms with Crippen molar-refractivity contribution in [1.29, 1.82) is 0 Å². The second-order valence-corrected chi connectivity index (χ2v) is 6.90. The molecule has 1 aromatic carbocycles. The summed E-state index contributed by atoms with van der Waals surface area (Å²) in [6.07, 6.45) is 2.83. The Labute approximate surface area is 168 Å². The van der Waals surface area contributed by atoms with Crippen LogP contribution in [0.15, 0.2) is 48.8 Å². The van der Waals surface area contributed by atoms with Crippen LogP contribution in [0.5, 0.6) is 0 Å². The lowest BCUT2D eigenvalue weighted by Crippen LogP contribution is -2.46. The second-order valence-electron chi connectivity index (χ2n) is 6.90. The Morgan fingerprint density at radius 2 is 1.97 bits per heavy atom. The van der Waals surface area contributed by atoms with Crippen LogP contribution in [-0.4, -0.2) is 58.6 Å². The molecule has 1 aliphatic rings. The number of aliphatic hydroxyl groups is 1. The molecular weight excluding hydrogens is 374 g/mol. The van der Waals surface area contributed by atoms with Crippen molar-refractivity contribution in [2.24, 2.45) is 0 Å². The number of aromatic nitrogens is 1. The minimum Gasteiger partial charge on any atom is -0.465 e. The molecule has 1 aliphatic heterocycles. The zero-order valence-electron chi connectivity index (χ0n) is 16.1. The van der Waals surface area contributed by atoms with Gasteiger partial charge in [0.25, 0.3) is 0 Å². The van der Waals surface area contributed by atoms with Gasteiger partial charge in [0.1, 0.15) is 6.04 Å². The molecule has 2 atom stereocenters. The van der Waals surface area contributed by atoms with E-state index in [1.165, 1.54) is 12.0 Å². The number of hydrogen-bond acceptors (Lipinski definition) is 6. The lowest BCUT2D eigenvalue weighted by Gasteiger charge is -2.23. The number of benzene rings is 1. The lowest BCUT2D eigenvalue weighted by atomic mass is 10.1. The number of hydrogen-bond donors (Lipinski definition) is 2. The highest BCUT2D eigenvalue weighted by molar-refractivity contribution is 5.90. The summed E-state index contributed by atoms with van der Waals surface area (Å²) in [5.74, 6) is -0.974. The highest BCUT2D eigenvalue weighted by atomic mass is 16.5. The smallest absolute Gasteiger partial charge is 0.337 e. The Morgan fingerprint density at radius 3 is 2.62 bits per heavy atom. The van der Waals surface area contributed by atoms with Crippen LogP contribution in [0.3, 0.4) is 0 Å². The van der Waals surface area contributed by atoms with E-state index >= 15 is 0 Å². The quantitative estimate of drug-likeness (QED) is 0.694. The monoisotopic (exact) mass is 397 g/mol. The molecule has 0 bridgehead atoms. The average Bonchev–Trinajstić information content (AvgIpc) is 3.14. The van der Waals surface area contributed by atoms with Crippen molar-refractivity contribution < 1.29 is 24.2 Å². The van der Waals surface area contributed by atoms with Gasteiger partial charge in [-0.2, -0.15) is 0 Å². The van der Waals surface area contributed by atoms with Crippen molar-refractivity contribution >= 4 is 17.8 Å². The molecule has 0 saturated carbocycles. The molecule has 0 aliphatic carbocycles. The maximum absolute atomic E-state index is 12.7. The molecule has 2 aromatic rings. The van der Waals surface area contributed by atoms with E-state index in [9.17, 15) is 19.5 Å². The number of methoxy groups -OCH3 is 1. The fourth-order valence-corrected chi connectivity index (χ4v) is 3.30. The number of ether oxygens (including phenoxy) is 1. The Hall–Kier alpha value is -3.26. The van der Waals surface area contributed by atoms with Crippen LogP contribution in [-0.2, 0) is 27.3 Å². The number of carbonyl (C=O) groups is 3. The van der Waals surface area contributed by atoms with Gasteiger partial charge in [0, 0.05) is 31.9 Å². The Balaban J connectivity index is 1.59. The number of rotatable bonds is 6. The van der Waals surface area contributed by atoms with E-state index in [1.807, 2.05) is 0 Å². The summed E-state index contributed by atoms with van der Waals surface area (Å²) in [7, 11) is 1.31. The summed E-state index contributed by atoms with van der Waals surface area (Å²) >= 11 is 0. The minimum absolute atomic E-state index is 0.124. The number of esters is 1. The summed E-state index contributed by atoms with van der Waals surface area (Å²) in [6, 6.07) is 9.51. The summed E-state index contributed by atoms with van der Waals surface area (Å²) in [4.78, 5) is 42.2. The standard InChI is InChI=1S/C21H23N3O5/c1-29-21(28)16-6-4-14(5-7-16)12-23-20(27)18-10-17(25)13-24(18)19(26)9-15-3-2-8-22-11-15/h2-8,11,17-18,25H,9-10,12-13H2,1H3,(H,23,27)/t17-,18+/m1/s1. The molecule has 2 N–H and O–H groups in total. The molecular formula is C21H23N3O5. The first-order valence-electron chi connectivity index (χ1n) is 9.29. The fraction of sp³-hybridized carbons (Fsp3) is 0.333. The van der Waals surface area contributed by atoms with Gasteiger partial charge in [-0.1, -0.05) is 18.2 Å². The van der Waals surface area contributed by atoms with Gasteiger partial charge in [-0.05, 0) is 29.3 Å². The summed E-state index contributed by atoms with van der Waals surface area (Å²) in [5, 5.41) is 12.8. The topological polar surface area (TPSA) is 109 Å². The highest BCUT2D eigenvalue weighted by Crippen LogP contribution is 2.20. The molecule has 1 fully saturated rings. The zero-order chi connectivity index (χ0) is 20.8. The van der Waals surface area contributed by atoms with E-state index in [-0.39, 0.29) is 37.7 Å². The first-order valence-corrected chi connectivity index (χ1v) is 9.29. The predicted octanol–water partition coefficient (Wildman–Crippen LogP) is 0.689. The van der Waals surface area contributed by atoms with Crippen molar-refractivity contribution in [3.8, 4) is 0 Å². The highest BCUT2D eigenvalue weighted by Gasteiger charge is 2.38. The summed E-state index contributed by atoms with van der Waals surface area (Å²) in [6.45, 7) is 0.378. The van der Waals surface area contributed by atoms with Crippen LogP contribution in [0.1, 0.15) is 27.9 Å². The minimum atomic E-state index is -0.733. The van der Waals surface area contributed by atoms with Crippen LogP contribution in [0.4, 0.5) is 0 Å². The van der Waals surface area contributed by atoms with Gasteiger partial charge >= 0.3 is 5.97 Å². The number of carbonyl (C=O) groups excluding carboxylic acids is 3. The van der Waals surface area contributed by atoms with E-state index in [1.54, 1.807) is 48.8 Å². The van der Waals surface area contributed by atoms with E-state index in [4.69, 9.17) is 0 Å². The van der Waals surface area contributed by atoms with Crippen molar-refractivity contribution in [1.82, 2.24) is 15.2 Å². The molecule has 3 rings (SSSR count). The van der Waals surface area contributed by atoms with Crippen molar-refractivity contribution in [3.63, 3.8) is 0 Å². The van der Waals surface area contributed by atoms with Crippen LogP contribution in [0.2, 0.25) is 0 Å². The number of aliphatic hydroxyl groups excluding tert-OH is 1. The van der Waals surface area contributed by atoms with Gasteiger partial charge in [0.05, 0.1) is 25.2 Å². The Bertz CT molecular complexity index is 870. The fourth-order valence-electron chi connectivity index (χ4n) is 3.30. The SMILES string of the molecule is COC(=O)c1ccc(CNC(=O)[C@@H]2C[C@@H](O)CN2C(=O)Cc2cccnc2)cc1. The number of amides is 2. The third-order valence-corrected chi connectivity index (χ3v) is 4.82. The van der Waals surface area contributed by atoms with E-state index in [0.29, 0.717) is 5.56 Å². The van der Waals surface area contributed by atoms with E-state index in [0.717, 1.165) is 11.1 Å². The average molecular weight is 397 g/mol. The molecule has 0 unspecified atom stereocenters. The zero-order valence-corrected chi connectivity index (χ0v) is 16.1. The van der Waals surface area contributed by atoms with E-state index < -0.39 is 18.1 Å². The van der Waals surface area contributed by atoms with Gasteiger partial charge in [-0.15, -0.1) is 0 Å². The van der Waals surface area contributed by atoms with Crippen LogP contribution < -0.4 is 5.32 Å². The number of nitrogens with zero attached hydrogens (tertiary/aromatic N) is 2. The number of β-amino-alcohol motifs (C(OH)–C–C–N with tert-alkyl or cyclic N) is 1. The maximum Gasteiger partial charge on any atom is 0.337 e. The van der Waals surface area contributed by atoms with Crippen LogP contribution >= 0.6 is 0 Å². The molecule has 8 nitrogen and oxygen atoms in total. The predicted molar refractivity (Wildman–Crippen MR) is 104 cm³/mol. The normalized spacial score (nSPS) is 18.3. The van der Waals surface area contributed by atoms with Gasteiger partial charge < -0.3 is 20.1 Å². The third-order valence-electron chi connectivity index (χ3n) is 4.82. The molecule has 29 heavy (non-hydrogen) atoms. The van der Waals surface area contributed by atoms with Gasteiger partial charge in [-0.3, -0.25) is 14.6 Å². The first-order chi connectivity index (χ1) is 14.0. The molecule has 152 valence electrons. The molecule has 2 heterocycles. The van der Waals surface area contributed by atoms with Gasteiger partial charge in [0.2, 0.25) is 11.8 Å². The number of likely N-dealkylation sites (tertiary alicyclic amines) is 1. The summed E-state index contributed by atoms with van der Waals surface area (Å²) < 4.78 is 4.65. The molecule has 0 spiro atoms. The molecule has 2 amide bonds. The lowest BCUT2D eigenvalue weighted by molar-refractivity contribution is -0.138. The van der Waals surface area contributed by atoms with Gasteiger partial charge in [0.15, 0.2) is 0 Å². The number of pyridine rings is 1. The molecule has 8 heteroatoms. The first kappa shape index (κ1) is 20.5. The van der Waals surface area contributed by atoms with Crippen molar-refractivity contribution in [3.05, 3.63) is 65.5 Å². The Kier molecular flexibility index (Phi) is 6.56. The van der Waals surface area contributed by atoms with Crippen molar-refractivity contribution in [2.75, 3.05) is 13.7 Å². The molecule has 1 aromatic heterocycles. The third kappa shape index (κ3) is 5.17. The number of nitrogens with one attached hydrogen (secondary N) is 1. The largest absolute Gasteiger partial charge is 0.465 e.